The molecule has 0 saturated carbocycles. The van der Waals surface area contributed by atoms with Crippen molar-refractivity contribution in [2.45, 2.75) is 11.8 Å². The zero-order valence-electron chi connectivity index (χ0n) is 13.9. The number of nitrogens with one attached hydrogen (secondary N) is 1. The van der Waals surface area contributed by atoms with Crippen molar-refractivity contribution in [2.75, 3.05) is 25.5 Å². The molecule has 0 aliphatic rings. The number of rotatable bonds is 7. The summed E-state index contributed by atoms with van der Waals surface area (Å²) in [5.74, 6) is -1.40. The maximum Gasteiger partial charge on any atom is 0.321 e. The Morgan fingerprint density at radius 1 is 1.31 bits per heavy atom. The van der Waals surface area contributed by atoms with Crippen LogP contribution >= 0.6 is 11.6 Å². The van der Waals surface area contributed by atoms with Crippen LogP contribution in [0.15, 0.2) is 39.8 Å². The highest BCUT2D eigenvalue weighted by Crippen LogP contribution is 2.17. The molecule has 140 valence electrons. The molecule has 0 atom stereocenters. The topological polar surface area (TPSA) is 119 Å². The van der Waals surface area contributed by atoms with Gasteiger partial charge in [-0.1, -0.05) is 16.8 Å². The van der Waals surface area contributed by atoms with Crippen molar-refractivity contribution in [2.24, 2.45) is 0 Å². The van der Waals surface area contributed by atoms with Crippen molar-refractivity contribution < 1.29 is 27.3 Å². The molecule has 0 spiro atoms. The van der Waals surface area contributed by atoms with Gasteiger partial charge in [-0.2, -0.15) is 4.31 Å². The number of aryl methyl sites for hydroxylation is 1. The largest absolute Gasteiger partial charge is 0.455 e. The number of sulfonamides is 1. The number of ether oxygens (including phenoxy) is 1. The summed E-state index contributed by atoms with van der Waals surface area (Å²) in [6, 6.07) is 7.00. The number of hydrogen-bond acceptors (Lipinski definition) is 7. The first kappa shape index (κ1) is 19.9. The van der Waals surface area contributed by atoms with E-state index in [0.717, 1.165) is 4.31 Å². The Kier molecular flexibility index (Phi) is 6.35. The lowest BCUT2D eigenvalue weighted by Gasteiger charge is -2.16. The average molecular weight is 402 g/mol. The van der Waals surface area contributed by atoms with Crippen molar-refractivity contribution in [3.05, 3.63) is 41.0 Å². The fourth-order valence-corrected chi connectivity index (χ4v) is 3.08. The smallest absolute Gasteiger partial charge is 0.321 e. The highest BCUT2D eigenvalue weighted by atomic mass is 35.5. The van der Waals surface area contributed by atoms with E-state index in [4.69, 9.17) is 20.9 Å². The van der Waals surface area contributed by atoms with E-state index in [9.17, 15) is 18.0 Å². The standard InChI is InChI=1S/C15H16ClN3O6S/c1-10-7-14(25-18-10)17-13(20)9-24-15(21)8-19(2)26(22,23)12-5-3-11(16)4-6-12/h3-7H,8-9H2,1-2H3,(H,17,20). The minimum atomic E-state index is -3.89. The fourth-order valence-electron chi connectivity index (χ4n) is 1.84. The molecular formula is C15H16ClN3O6S. The molecule has 0 bridgehead atoms. The van der Waals surface area contributed by atoms with Crippen LogP contribution in [0.3, 0.4) is 0 Å². The molecule has 26 heavy (non-hydrogen) atoms. The summed E-state index contributed by atoms with van der Waals surface area (Å²) in [5, 5.41) is 6.32. The molecule has 2 aromatic rings. The predicted octanol–water partition coefficient (Wildman–Crippen LogP) is 1.44. The third kappa shape index (κ3) is 5.28. The first-order chi connectivity index (χ1) is 12.2. The second kappa shape index (κ2) is 8.30. The Bertz CT molecular complexity index is 894. The Balaban J connectivity index is 1.86. The van der Waals surface area contributed by atoms with E-state index < -0.39 is 35.1 Å². The van der Waals surface area contributed by atoms with Crippen LogP contribution in [0.4, 0.5) is 5.88 Å². The quantitative estimate of drug-likeness (QED) is 0.697. The first-order valence-electron chi connectivity index (χ1n) is 7.29. The van der Waals surface area contributed by atoms with Crippen molar-refractivity contribution in [1.29, 1.82) is 0 Å². The second-order valence-corrected chi connectivity index (χ2v) is 7.74. The van der Waals surface area contributed by atoms with Gasteiger partial charge in [0.05, 0.1) is 10.6 Å². The third-order valence-electron chi connectivity index (χ3n) is 3.13. The van der Waals surface area contributed by atoms with E-state index in [2.05, 4.69) is 10.5 Å². The van der Waals surface area contributed by atoms with Gasteiger partial charge in [-0.3, -0.25) is 14.9 Å². The summed E-state index contributed by atoms with van der Waals surface area (Å²) >= 11 is 5.72. The molecule has 0 saturated heterocycles. The van der Waals surface area contributed by atoms with Crippen molar-refractivity contribution in [1.82, 2.24) is 9.46 Å². The Hall–Kier alpha value is -2.43. The zero-order chi connectivity index (χ0) is 19.3. The van der Waals surface area contributed by atoms with Crippen LogP contribution in [-0.4, -0.2) is 50.0 Å². The normalized spacial score (nSPS) is 11.4. The Morgan fingerprint density at radius 2 is 1.96 bits per heavy atom. The maximum atomic E-state index is 12.3. The lowest BCUT2D eigenvalue weighted by Crippen LogP contribution is -2.34. The van der Waals surface area contributed by atoms with Gasteiger partial charge in [0.1, 0.15) is 6.54 Å². The van der Waals surface area contributed by atoms with Gasteiger partial charge in [0, 0.05) is 18.1 Å². The monoisotopic (exact) mass is 401 g/mol. The third-order valence-corrected chi connectivity index (χ3v) is 5.20. The van der Waals surface area contributed by atoms with E-state index in [0.29, 0.717) is 10.7 Å². The summed E-state index contributed by atoms with van der Waals surface area (Å²) < 4.78 is 35.0. The SMILES string of the molecule is Cc1cc(NC(=O)COC(=O)CN(C)S(=O)(=O)c2ccc(Cl)cc2)on1. The number of anilines is 1. The summed E-state index contributed by atoms with van der Waals surface area (Å²) in [4.78, 5) is 23.4. The molecule has 11 heteroatoms. The van der Waals surface area contributed by atoms with Gasteiger partial charge >= 0.3 is 5.97 Å². The fraction of sp³-hybridized carbons (Fsp3) is 0.267. The number of amides is 1. The molecule has 2 rings (SSSR count). The number of carbonyl (C=O) groups is 2. The van der Waals surface area contributed by atoms with Gasteiger partial charge in [-0.25, -0.2) is 8.42 Å². The van der Waals surface area contributed by atoms with Crippen molar-refractivity contribution in [3.8, 4) is 0 Å². The molecule has 0 unspecified atom stereocenters. The number of benzene rings is 1. The van der Waals surface area contributed by atoms with Gasteiger partial charge in [0.15, 0.2) is 6.61 Å². The van der Waals surface area contributed by atoms with Gasteiger partial charge in [-0.15, -0.1) is 0 Å². The van der Waals surface area contributed by atoms with Crippen LogP contribution in [0.5, 0.6) is 0 Å². The van der Waals surface area contributed by atoms with Crippen LogP contribution in [0.25, 0.3) is 0 Å². The molecule has 0 aliphatic carbocycles. The number of nitrogens with zero attached hydrogens (tertiary/aromatic N) is 2. The predicted molar refractivity (Wildman–Crippen MR) is 92.1 cm³/mol. The van der Waals surface area contributed by atoms with E-state index in [-0.39, 0.29) is 10.8 Å². The lowest BCUT2D eigenvalue weighted by atomic mass is 10.4. The highest BCUT2D eigenvalue weighted by Gasteiger charge is 2.24. The minimum absolute atomic E-state index is 0.0179. The molecule has 0 aliphatic heterocycles. The van der Waals surface area contributed by atoms with Gasteiger partial charge in [-0.05, 0) is 31.2 Å². The van der Waals surface area contributed by atoms with Crippen molar-refractivity contribution in [3.63, 3.8) is 0 Å². The molecule has 1 amide bonds. The first-order valence-corrected chi connectivity index (χ1v) is 9.11. The molecule has 1 aromatic carbocycles. The highest BCUT2D eigenvalue weighted by molar-refractivity contribution is 7.89. The maximum absolute atomic E-state index is 12.3. The second-order valence-electron chi connectivity index (χ2n) is 5.26. The number of esters is 1. The Morgan fingerprint density at radius 3 is 2.54 bits per heavy atom. The van der Waals surface area contributed by atoms with Gasteiger partial charge in [0.25, 0.3) is 5.91 Å². The summed E-state index contributed by atoms with van der Waals surface area (Å²) in [5.41, 5.74) is 0.575. The molecular weight excluding hydrogens is 386 g/mol. The van der Waals surface area contributed by atoms with Crippen LogP contribution in [0, 0.1) is 6.92 Å². The van der Waals surface area contributed by atoms with E-state index >= 15 is 0 Å². The molecule has 0 fully saturated rings. The molecule has 9 nitrogen and oxygen atoms in total. The summed E-state index contributed by atoms with van der Waals surface area (Å²) in [6.07, 6.45) is 0. The molecule has 1 N–H and O–H groups in total. The molecule has 1 aromatic heterocycles. The summed E-state index contributed by atoms with van der Waals surface area (Å²) in [7, 11) is -2.66. The van der Waals surface area contributed by atoms with Crippen molar-refractivity contribution >= 4 is 39.4 Å². The lowest BCUT2D eigenvalue weighted by molar-refractivity contribution is -0.147. The number of carbonyl (C=O) groups excluding carboxylic acids is 2. The van der Waals surface area contributed by atoms with Crippen LogP contribution in [0.1, 0.15) is 5.69 Å². The van der Waals surface area contributed by atoms with Crippen LogP contribution in [-0.2, 0) is 24.3 Å². The average Bonchev–Trinajstić information content (AvgIpc) is 2.98. The van der Waals surface area contributed by atoms with Crippen LogP contribution in [0.2, 0.25) is 5.02 Å². The van der Waals surface area contributed by atoms with E-state index in [1.165, 1.54) is 37.4 Å². The molecule has 1 heterocycles. The van der Waals surface area contributed by atoms with Gasteiger partial charge in [0.2, 0.25) is 15.9 Å². The number of likely N-dealkylation sites (N-methyl/N-ethyl adjacent to an activating group) is 1. The van der Waals surface area contributed by atoms with E-state index in [1.54, 1.807) is 6.92 Å². The zero-order valence-corrected chi connectivity index (χ0v) is 15.5. The van der Waals surface area contributed by atoms with E-state index in [1.807, 2.05) is 0 Å². The van der Waals surface area contributed by atoms with Gasteiger partial charge < -0.3 is 9.26 Å². The number of halogens is 1. The molecule has 0 radical (unpaired) electrons. The number of hydrogen-bond donors (Lipinski definition) is 1. The van der Waals surface area contributed by atoms with Crippen LogP contribution < -0.4 is 5.32 Å². The Labute approximate surface area is 154 Å². The number of aromatic nitrogens is 1. The summed E-state index contributed by atoms with van der Waals surface area (Å²) in [6.45, 7) is 0.531. The minimum Gasteiger partial charge on any atom is -0.455 e.